The summed E-state index contributed by atoms with van der Waals surface area (Å²) in [6.07, 6.45) is 0.500. The Kier molecular flexibility index (Phi) is 5.96. The van der Waals surface area contributed by atoms with E-state index in [1.165, 1.54) is 0 Å². The minimum Gasteiger partial charge on any atom is -0.489 e. The Hall–Kier alpha value is -3.02. The topological polar surface area (TPSA) is 78.9 Å². The molecule has 1 saturated heterocycles. The van der Waals surface area contributed by atoms with Crippen LogP contribution in [0.5, 0.6) is 5.75 Å². The molecule has 1 aliphatic rings. The SMILES string of the molecule is C[C@@H](NC(=O)N1CCC(C(=O)O)C1)c1cccc(OCc2ccccc2)c1. The summed E-state index contributed by atoms with van der Waals surface area (Å²) in [5.74, 6) is -0.577. The fraction of sp³-hybridized carbons (Fsp3) is 0.333. The maximum absolute atomic E-state index is 12.4. The average Bonchev–Trinajstić information content (AvgIpc) is 3.18. The average molecular weight is 368 g/mol. The molecule has 1 aliphatic heterocycles. The highest BCUT2D eigenvalue weighted by molar-refractivity contribution is 5.77. The Morgan fingerprint density at radius 3 is 2.70 bits per heavy atom. The first kappa shape index (κ1) is 18.8. The highest BCUT2D eigenvalue weighted by atomic mass is 16.5. The van der Waals surface area contributed by atoms with E-state index >= 15 is 0 Å². The largest absolute Gasteiger partial charge is 0.489 e. The Bertz CT molecular complexity index is 794. The summed E-state index contributed by atoms with van der Waals surface area (Å²) in [6, 6.07) is 17.1. The van der Waals surface area contributed by atoms with E-state index in [0.29, 0.717) is 19.6 Å². The van der Waals surface area contributed by atoms with Gasteiger partial charge in [-0.3, -0.25) is 4.79 Å². The lowest BCUT2D eigenvalue weighted by molar-refractivity contribution is -0.141. The van der Waals surface area contributed by atoms with Crippen LogP contribution in [-0.4, -0.2) is 35.1 Å². The summed E-state index contributed by atoms with van der Waals surface area (Å²) in [5, 5.41) is 12.0. The van der Waals surface area contributed by atoms with Crippen molar-refractivity contribution in [3.63, 3.8) is 0 Å². The summed E-state index contributed by atoms with van der Waals surface area (Å²) in [6.45, 7) is 3.11. The maximum Gasteiger partial charge on any atom is 0.317 e. The summed E-state index contributed by atoms with van der Waals surface area (Å²) in [7, 11) is 0. The molecule has 2 atom stereocenters. The van der Waals surface area contributed by atoms with Gasteiger partial charge in [-0.05, 0) is 36.6 Å². The van der Waals surface area contributed by atoms with Crippen molar-refractivity contribution in [3.8, 4) is 5.75 Å². The molecular formula is C21H24N2O4. The summed E-state index contributed by atoms with van der Waals surface area (Å²) < 4.78 is 5.84. The van der Waals surface area contributed by atoms with Gasteiger partial charge in [-0.25, -0.2) is 4.79 Å². The van der Waals surface area contributed by atoms with Gasteiger partial charge in [0.15, 0.2) is 0 Å². The van der Waals surface area contributed by atoms with Crippen LogP contribution in [-0.2, 0) is 11.4 Å². The molecular weight excluding hydrogens is 344 g/mol. The van der Waals surface area contributed by atoms with E-state index in [0.717, 1.165) is 16.9 Å². The quantitative estimate of drug-likeness (QED) is 0.819. The number of urea groups is 1. The van der Waals surface area contributed by atoms with Gasteiger partial charge in [0.1, 0.15) is 12.4 Å². The van der Waals surface area contributed by atoms with Gasteiger partial charge in [-0.15, -0.1) is 0 Å². The van der Waals surface area contributed by atoms with Gasteiger partial charge in [-0.2, -0.15) is 0 Å². The minimum absolute atomic E-state index is 0.207. The monoisotopic (exact) mass is 368 g/mol. The predicted molar refractivity (Wildman–Crippen MR) is 101 cm³/mol. The first-order chi connectivity index (χ1) is 13.0. The molecule has 3 rings (SSSR count). The third-order valence-corrected chi connectivity index (χ3v) is 4.77. The first-order valence-electron chi connectivity index (χ1n) is 9.08. The van der Waals surface area contributed by atoms with E-state index in [2.05, 4.69) is 5.32 Å². The summed E-state index contributed by atoms with van der Waals surface area (Å²) >= 11 is 0. The molecule has 6 heteroatoms. The molecule has 1 heterocycles. The number of hydrogen-bond acceptors (Lipinski definition) is 3. The van der Waals surface area contributed by atoms with Crippen LogP contribution in [0.2, 0.25) is 0 Å². The smallest absolute Gasteiger partial charge is 0.317 e. The number of carboxylic acids is 1. The van der Waals surface area contributed by atoms with Crippen LogP contribution >= 0.6 is 0 Å². The number of nitrogens with zero attached hydrogens (tertiary/aromatic N) is 1. The Balaban J connectivity index is 1.56. The van der Waals surface area contributed by atoms with E-state index in [4.69, 9.17) is 9.84 Å². The van der Waals surface area contributed by atoms with Crippen molar-refractivity contribution < 1.29 is 19.4 Å². The van der Waals surface area contributed by atoms with E-state index < -0.39 is 11.9 Å². The van der Waals surface area contributed by atoms with Crippen LogP contribution in [0.4, 0.5) is 4.79 Å². The Morgan fingerprint density at radius 2 is 2.00 bits per heavy atom. The number of likely N-dealkylation sites (tertiary alicyclic amines) is 1. The Morgan fingerprint density at radius 1 is 1.22 bits per heavy atom. The zero-order valence-electron chi connectivity index (χ0n) is 15.3. The lowest BCUT2D eigenvalue weighted by Crippen LogP contribution is -2.40. The lowest BCUT2D eigenvalue weighted by atomic mass is 10.1. The zero-order chi connectivity index (χ0) is 19.2. The van der Waals surface area contributed by atoms with Crippen LogP contribution < -0.4 is 10.1 Å². The number of carbonyl (C=O) groups is 2. The molecule has 27 heavy (non-hydrogen) atoms. The second-order valence-corrected chi connectivity index (χ2v) is 6.79. The summed E-state index contributed by atoms with van der Waals surface area (Å²) in [4.78, 5) is 25.0. The number of aliphatic carboxylic acids is 1. The normalized spacial score (nSPS) is 17.4. The van der Waals surface area contributed by atoms with E-state index in [-0.39, 0.29) is 18.6 Å². The predicted octanol–water partition coefficient (Wildman–Crippen LogP) is 3.44. The maximum atomic E-state index is 12.4. The van der Waals surface area contributed by atoms with Gasteiger partial charge in [0.05, 0.1) is 12.0 Å². The van der Waals surface area contributed by atoms with Gasteiger partial charge >= 0.3 is 12.0 Å². The molecule has 142 valence electrons. The lowest BCUT2D eigenvalue weighted by Gasteiger charge is -2.21. The number of carboxylic acid groups (broad SMARTS) is 1. The van der Waals surface area contributed by atoms with Crippen LogP contribution in [0.1, 0.15) is 30.5 Å². The van der Waals surface area contributed by atoms with Crippen molar-refractivity contribution in [2.24, 2.45) is 5.92 Å². The van der Waals surface area contributed by atoms with Crippen molar-refractivity contribution in [3.05, 3.63) is 65.7 Å². The molecule has 2 amide bonds. The molecule has 1 unspecified atom stereocenters. The molecule has 0 bridgehead atoms. The number of nitrogens with one attached hydrogen (secondary N) is 1. The van der Waals surface area contributed by atoms with Crippen LogP contribution in [0, 0.1) is 5.92 Å². The zero-order valence-corrected chi connectivity index (χ0v) is 15.3. The molecule has 2 aromatic carbocycles. The Labute approximate surface area is 158 Å². The molecule has 0 saturated carbocycles. The number of ether oxygens (including phenoxy) is 1. The molecule has 0 spiro atoms. The number of carbonyl (C=O) groups excluding carboxylic acids is 1. The third-order valence-electron chi connectivity index (χ3n) is 4.77. The minimum atomic E-state index is -0.846. The van der Waals surface area contributed by atoms with Crippen LogP contribution in [0.15, 0.2) is 54.6 Å². The highest BCUT2D eigenvalue weighted by Gasteiger charge is 2.31. The third kappa shape index (κ3) is 5.00. The van der Waals surface area contributed by atoms with Gasteiger partial charge in [-0.1, -0.05) is 42.5 Å². The van der Waals surface area contributed by atoms with Crippen LogP contribution in [0.3, 0.4) is 0 Å². The van der Waals surface area contributed by atoms with Gasteiger partial charge in [0, 0.05) is 13.1 Å². The van der Waals surface area contributed by atoms with Crippen LogP contribution in [0.25, 0.3) is 0 Å². The standard InChI is InChI=1S/C21H24N2O4/c1-15(22-21(26)23-11-10-18(13-23)20(24)25)17-8-5-9-19(12-17)27-14-16-6-3-2-4-7-16/h2-9,12,15,18H,10-11,13-14H2,1H3,(H,22,26)(H,24,25)/t15-,18?/m1/s1. The number of rotatable bonds is 6. The summed E-state index contributed by atoms with van der Waals surface area (Å²) in [5.41, 5.74) is 2.02. The van der Waals surface area contributed by atoms with Gasteiger partial charge < -0.3 is 20.1 Å². The van der Waals surface area contributed by atoms with Crippen molar-refractivity contribution >= 4 is 12.0 Å². The first-order valence-corrected chi connectivity index (χ1v) is 9.08. The molecule has 1 fully saturated rings. The second kappa shape index (κ2) is 8.58. The number of benzene rings is 2. The number of amides is 2. The van der Waals surface area contributed by atoms with Crippen molar-refractivity contribution in [1.82, 2.24) is 10.2 Å². The van der Waals surface area contributed by atoms with Crippen molar-refractivity contribution in [1.29, 1.82) is 0 Å². The fourth-order valence-electron chi connectivity index (χ4n) is 3.12. The molecule has 0 radical (unpaired) electrons. The van der Waals surface area contributed by atoms with E-state index in [9.17, 15) is 9.59 Å². The molecule has 2 aromatic rings. The van der Waals surface area contributed by atoms with Crippen molar-refractivity contribution in [2.45, 2.75) is 26.0 Å². The second-order valence-electron chi connectivity index (χ2n) is 6.79. The van der Waals surface area contributed by atoms with Gasteiger partial charge in [0.2, 0.25) is 0 Å². The van der Waals surface area contributed by atoms with E-state index in [1.807, 2.05) is 61.5 Å². The van der Waals surface area contributed by atoms with Crippen molar-refractivity contribution in [2.75, 3.05) is 13.1 Å². The number of hydrogen-bond donors (Lipinski definition) is 2. The molecule has 0 aliphatic carbocycles. The molecule has 2 N–H and O–H groups in total. The van der Waals surface area contributed by atoms with Gasteiger partial charge in [0.25, 0.3) is 0 Å². The molecule has 0 aromatic heterocycles. The van der Waals surface area contributed by atoms with E-state index in [1.54, 1.807) is 4.90 Å². The molecule has 6 nitrogen and oxygen atoms in total. The highest BCUT2D eigenvalue weighted by Crippen LogP contribution is 2.22. The fourth-order valence-corrected chi connectivity index (χ4v) is 3.12.